The van der Waals surface area contributed by atoms with Gasteiger partial charge in [-0.1, -0.05) is 36.2 Å². The van der Waals surface area contributed by atoms with E-state index in [1.54, 1.807) is 0 Å². The van der Waals surface area contributed by atoms with Gasteiger partial charge in [-0.3, -0.25) is 0 Å². The zero-order chi connectivity index (χ0) is 9.14. The molecule has 0 bridgehead atoms. The van der Waals surface area contributed by atoms with E-state index >= 15 is 0 Å². The summed E-state index contributed by atoms with van der Waals surface area (Å²) in [6.45, 7) is 6.68. The van der Waals surface area contributed by atoms with Crippen LogP contribution in [0.15, 0.2) is 12.1 Å². The summed E-state index contributed by atoms with van der Waals surface area (Å²) in [5, 5.41) is 0. The van der Waals surface area contributed by atoms with Crippen LogP contribution in [0.4, 0.5) is 0 Å². The lowest BCUT2D eigenvalue weighted by molar-refractivity contribution is 0.560. The zero-order valence-corrected chi connectivity index (χ0v) is 10.2. The van der Waals surface area contributed by atoms with E-state index < -0.39 is 0 Å². The van der Waals surface area contributed by atoms with Gasteiger partial charge in [-0.05, 0) is 25.0 Å². The van der Waals surface area contributed by atoms with Crippen LogP contribution in [0.3, 0.4) is 0 Å². The second-order valence-electron chi connectivity index (χ2n) is 3.24. The third-order valence-electron chi connectivity index (χ3n) is 2.18. The van der Waals surface area contributed by atoms with Crippen LogP contribution in [0.2, 0.25) is 0 Å². The van der Waals surface area contributed by atoms with Crippen LogP contribution in [0.1, 0.15) is 34.8 Å². The Kier molecular flexibility index (Phi) is 3.78. The van der Waals surface area contributed by atoms with Crippen molar-refractivity contribution in [2.75, 3.05) is 0 Å². The highest BCUT2D eigenvalue weighted by molar-refractivity contribution is 9.09. The molecule has 1 aromatic rings. The van der Waals surface area contributed by atoms with Crippen molar-refractivity contribution in [1.29, 1.82) is 0 Å². The Balaban J connectivity index is 2.70. The molecule has 2 atom stereocenters. The Morgan fingerprint density at radius 1 is 1.50 bits per heavy atom. The molecule has 0 fully saturated rings. The molecule has 0 aliphatic rings. The first-order valence-electron chi connectivity index (χ1n) is 4.35. The monoisotopic (exact) mass is 246 g/mol. The van der Waals surface area contributed by atoms with Crippen LogP contribution in [-0.2, 0) is 0 Å². The molecule has 68 valence electrons. The van der Waals surface area contributed by atoms with Crippen molar-refractivity contribution in [3.05, 3.63) is 21.9 Å². The van der Waals surface area contributed by atoms with Gasteiger partial charge in [0.05, 0.1) is 4.83 Å². The maximum atomic E-state index is 3.74. The summed E-state index contributed by atoms with van der Waals surface area (Å²) in [5.74, 6) is 0.725. The van der Waals surface area contributed by atoms with E-state index in [-0.39, 0.29) is 0 Å². The SMILES string of the molecule is CCC(C)C(Br)c1ccc(C)s1. The van der Waals surface area contributed by atoms with Crippen LogP contribution in [-0.4, -0.2) is 0 Å². The zero-order valence-electron chi connectivity index (χ0n) is 7.80. The van der Waals surface area contributed by atoms with Gasteiger partial charge in [0.25, 0.3) is 0 Å². The normalized spacial score (nSPS) is 16.0. The lowest BCUT2D eigenvalue weighted by Crippen LogP contribution is -1.99. The number of rotatable bonds is 3. The second-order valence-corrected chi connectivity index (χ2v) is 5.54. The summed E-state index contributed by atoms with van der Waals surface area (Å²) in [6.07, 6.45) is 1.23. The molecule has 0 aliphatic heterocycles. The molecule has 0 N–H and O–H groups in total. The van der Waals surface area contributed by atoms with E-state index in [2.05, 4.69) is 48.8 Å². The number of halogens is 1. The van der Waals surface area contributed by atoms with E-state index in [0.717, 1.165) is 5.92 Å². The Morgan fingerprint density at radius 2 is 2.17 bits per heavy atom. The third-order valence-corrected chi connectivity index (χ3v) is 4.96. The highest BCUT2D eigenvalue weighted by Gasteiger charge is 2.15. The largest absolute Gasteiger partial charge is 0.145 e. The molecule has 1 aromatic heterocycles. The Hall–Kier alpha value is 0.180. The van der Waals surface area contributed by atoms with E-state index in [1.807, 2.05) is 11.3 Å². The molecular weight excluding hydrogens is 232 g/mol. The highest BCUT2D eigenvalue weighted by Crippen LogP contribution is 2.36. The quantitative estimate of drug-likeness (QED) is 0.688. The van der Waals surface area contributed by atoms with Crippen molar-refractivity contribution in [1.82, 2.24) is 0 Å². The molecule has 2 unspecified atom stereocenters. The van der Waals surface area contributed by atoms with Gasteiger partial charge in [-0.25, -0.2) is 0 Å². The van der Waals surface area contributed by atoms with E-state index in [0.29, 0.717) is 4.83 Å². The smallest absolute Gasteiger partial charge is 0.0514 e. The second kappa shape index (κ2) is 4.43. The number of thiophene rings is 1. The third kappa shape index (κ3) is 2.33. The summed E-state index contributed by atoms with van der Waals surface area (Å²) in [7, 11) is 0. The summed E-state index contributed by atoms with van der Waals surface area (Å²) >= 11 is 5.63. The van der Waals surface area contributed by atoms with Gasteiger partial charge in [-0.2, -0.15) is 0 Å². The van der Waals surface area contributed by atoms with Gasteiger partial charge >= 0.3 is 0 Å². The van der Waals surface area contributed by atoms with Gasteiger partial charge in [0, 0.05) is 9.75 Å². The lowest BCUT2D eigenvalue weighted by atomic mass is 10.0. The van der Waals surface area contributed by atoms with Crippen LogP contribution in [0.5, 0.6) is 0 Å². The predicted molar refractivity (Wildman–Crippen MR) is 60.2 cm³/mol. The van der Waals surface area contributed by atoms with Gasteiger partial charge < -0.3 is 0 Å². The highest BCUT2D eigenvalue weighted by atomic mass is 79.9. The topological polar surface area (TPSA) is 0 Å². The number of hydrogen-bond donors (Lipinski definition) is 0. The molecule has 0 nitrogen and oxygen atoms in total. The Morgan fingerprint density at radius 3 is 2.58 bits per heavy atom. The van der Waals surface area contributed by atoms with Crippen molar-refractivity contribution < 1.29 is 0 Å². The minimum absolute atomic E-state index is 0.543. The van der Waals surface area contributed by atoms with Crippen molar-refractivity contribution in [2.45, 2.75) is 32.0 Å². The molecule has 0 saturated heterocycles. The lowest BCUT2D eigenvalue weighted by Gasteiger charge is -2.14. The first-order valence-corrected chi connectivity index (χ1v) is 6.08. The number of alkyl halides is 1. The summed E-state index contributed by atoms with van der Waals surface area (Å²) in [4.78, 5) is 3.40. The molecular formula is C10H15BrS. The summed E-state index contributed by atoms with van der Waals surface area (Å²) < 4.78 is 0. The first kappa shape index (κ1) is 10.3. The predicted octanol–water partition coefficient (Wildman–Crippen LogP) is 4.54. The molecule has 0 radical (unpaired) electrons. The molecule has 0 aliphatic carbocycles. The van der Waals surface area contributed by atoms with Gasteiger partial charge in [0.2, 0.25) is 0 Å². The standard InChI is InChI=1S/C10H15BrS/c1-4-7(2)10(11)9-6-5-8(3)12-9/h5-7,10H,4H2,1-3H3. The minimum Gasteiger partial charge on any atom is -0.145 e. The summed E-state index contributed by atoms with van der Waals surface area (Å²) in [6, 6.07) is 4.42. The molecule has 2 heteroatoms. The van der Waals surface area contributed by atoms with Gasteiger partial charge in [0.1, 0.15) is 0 Å². The van der Waals surface area contributed by atoms with Crippen molar-refractivity contribution >= 4 is 27.3 Å². The van der Waals surface area contributed by atoms with Crippen molar-refractivity contribution in [3.8, 4) is 0 Å². The fourth-order valence-electron chi connectivity index (χ4n) is 1.09. The van der Waals surface area contributed by atoms with Crippen LogP contribution in [0, 0.1) is 12.8 Å². The van der Waals surface area contributed by atoms with Gasteiger partial charge in [0.15, 0.2) is 0 Å². The maximum Gasteiger partial charge on any atom is 0.0514 e. The van der Waals surface area contributed by atoms with Crippen molar-refractivity contribution in [3.63, 3.8) is 0 Å². The molecule has 0 amide bonds. The first-order chi connectivity index (χ1) is 5.65. The Labute approximate surface area is 87.1 Å². The van der Waals surface area contributed by atoms with Gasteiger partial charge in [-0.15, -0.1) is 11.3 Å². The molecule has 0 saturated carbocycles. The molecule has 12 heavy (non-hydrogen) atoms. The average Bonchev–Trinajstić information content (AvgIpc) is 2.49. The summed E-state index contributed by atoms with van der Waals surface area (Å²) in [5.41, 5.74) is 0. The Bertz CT molecular complexity index is 242. The fourth-order valence-corrected chi connectivity index (χ4v) is 2.88. The van der Waals surface area contributed by atoms with Crippen LogP contribution >= 0.6 is 27.3 Å². The van der Waals surface area contributed by atoms with E-state index in [4.69, 9.17) is 0 Å². The van der Waals surface area contributed by atoms with Crippen LogP contribution in [0.25, 0.3) is 0 Å². The van der Waals surface area contributed by atoms with Crippen LogP contribution < -0.4 is 0 Å². The minimum atomic E-state index is 0.543. The van der Waals surface area contributed by atoms with E-state index in [1.165, 1.54) is 16.2 Å². The fraction of sp³-hybridized carbons (Fsp3) is 0.600. The molecule has 0 spiro atoms. The average molecular weight is 247 g/mol. The number of hydrogen-bond acceptors (Lipinski definition) is 1. The molecule has 1 rings (SSSR count). The maximum absolute atomic E-state index is 3.74. The number of aryl methyl sites for hydroxylation is 1. The van der Waals surface area contributed by atoms with E-state index in [9.17, 15) is 0 Å². The van der Waals surface area contributed by atoms with Crippen molar-refractivity contribution in [2.24, 2.45) is 5.92 Å². The molecule has 0 aromatic carbocycles. The molecule has 1 heterocycles.